The standard InChI is InChI=1S/C35H38N6O3/c1-37(2)29-18-16-25(17-19-29)20-31-34(43)39(22-28-14-9-13-27-12-7-8-15-30(27)28)23-32-40(31)33(42)24-38(3)41(32)35(44)36-21-26-10-5-4-6-11-26/h4-19,31-32H,20-24H2,1-3H3,(H,36,44)/t31-,32?/m0/s1. The number of fused-ring (bicyclic) bond motifs is 2. The highest BCUT2D eigenvalue weighted by Crippen LogP contribution is 2.30. The van der Waals surface area contributed by atoms with E-state index in [1.54, 1.807) is 22.0 Å². The third-order valence-electron chi connectivity index (χ3n) is 8.56. The molecule has 0 aromatic heterocycles. The predicted molar refractivity (Wildman–Crippen MR) is 171 cm³/mol. The van der Waals surface area contributed by atoms with Crippen LogP contribution in [-0.4, -0.2) is 84.1 Å². The van der Waals surface area contributed by atoms with E-state index in [1.807, 2.05) is 103 Å². The van der Waals surface area contributed by atoms with Gasteiger partial charge in [0.25, 0.3) is 0 Å². The molecule has 2 saturated heterocycles. The van der Waals surface area contributed by atoms with E-state index in [-0.39, 0.29) is 30.9 Å². The third kappa shape index (κ3) is 5.83. The molecule has 0 radical (unpaired) electrons. The van der Waals surface area contributed by atoms with Gasteiger partial charge >= 0.3 is 6.03 Å². The lowest BCUT2D eigenvalue weighted by molar-refractivity contribution is -0.187. The van der Waals surface area contributed by atoms with E-state index in [9.17, 15) is 14.4 Å². The number of nitrogens with one attached hydrogen (secondary N) is 1. The van der Waals surface area contributed by atoms with Crippen LogP contribution in [0.2, 0.25) is 0 Å². The van der Waals surface area contributed by atoms with Crippen LogP contribution in [0.25, 0.3) is 10.8 Å². The number of rotatable bonds is 7. The maximum Gasteiger partial charge on any atom is 0.334 e. The van der Waals surface area contributed by atoms with Crippen molar-refractivity contribution in [2.75, 3.05) is 39.1 Å². The van der Waals surface area contributed by atoms with Crippen LogP contribution in [0, 0.1) is 0 Å². The van der Waals surface area contributed by atoms with Crippen LogP contribution in [0.5, 0.6) is 0 Å². The monoisotopic (exact) mass is 590 g/mol. The Morgan fingerprint density at radius 2 is 1.57 bits per heavy atom. The molecule has 4 aromatic carbocycles. The first-order valence-corrected chi connectivity index (χ1v) is 14.9. The molecule has 9 heteroatoms. The Hall–Kier alpha value is -4.89. The van der Waals surface area contributed by atoms with Crippen LogP contribution in [0.3, 0.4) is 0 Å². The lowest BCUT2D eigenvalue weighted by Gasteiger charge is -2.54. The maximum absolute atomic E-state index is 14.3. The van der Waals surface area contributed by atoms with E-state index in [4.69, 9.17) is 0 Å². The number of nitrogens with zero attached hydrogens (tertiary/aromatic N) is 5. The molecule has 2 aliphatic heterocycles. The predicted octanol–water partition coefficient (Wildman–Crippen LogP) is 4.09. The van der Waals surface area contributed by atoms with Crippen molar-refractivity contribution in [3.05, 3.63) is 114 Å². The largest absolute Gasteiger partial charge is 0.378 e. The topological polar surface area (TPSA) is 79.4 Å². The molecule has 2 heterocycles. The molecule has 2 atom stereocenters. The van der Waals surface area contributed by atoms with E-state index < -0.39 is 12.2 Å². The van der Waals surface area contributed by atoms with Gasteiger partial charge in [-0.2, -0.15) is 0 Å². The molecular formula is C35H38N6O3. The second-order valence-electron chi connectivity index (χ2n) is 11.7. The molecule has 4 aromatic rings. The number of carbonyl (C=O) groups is 3. The average molecular weight is 591 g/mol. The molecule has 0 spiro atoms. The smallest absolute Gasteiger partial charge is 0.334 e. The number of piperazine rings is 1. The zero-order chi connectivity index (χ0) is 30.8. The fourth-order valence-corrected chi connectivity index (χ4v) is 6.29. The van der Waals surface area contributed by atoms with Crippen molar-refractivity contribution in [2.45, 2.75) is 31.7 Å². The van der Waals surface area contributed by atoms with Crippen LogP contribution in [0.15, 0.2) is 97.1 Å². The first kappa shape index (κ1) is 29.2. The summed E-state index contributed by atoms with van der Waals surface area (Å²) in [6.45, 7) is 0.928. The Balaban J connectivity index is 1.34. The molecule has 4 amide bonds. The molecule has 44 heavy (non-hydrogen) atoms. The highest BCUT2D eigenvalue weighted by Gasteiger charge is 2.50. The molecule has 1 unspecified atom stereocenters. The lowest BCUT2D eigenvalue weighted by atomic mass is 9.97. The summed E-state index contributed by atoms with van der Waals surface area (Å²) in [5.74, 6) is -0.286. The summed E-state index contributed by atoms with van der Waals surface area (Å²) in [4.78, 5) is 47.2. The quantitative estimate of drug-likeness (QED) is 0.351. The minimum Gasteiger partial charge on any atom is -0.378 e. The van der Waals surface area contributed by atoms with Gasteiger partial charge in [0, 0.05) is 46.3 Å². The summed E-state index contributed by atoms with van der Waals surface area (Å²) < 4.78 is 0. The van der Waals surface area contributed by atoms with E-state index in [2.05, 4.69) is 23.5 Å². The van der Waals surface area contributed by atoms with Crippen molar-refractivity contribution in [2.24, 2.45) is 0 Å². The maximum atomic E-state index is 14.3. The second-order valence-corrected chi connectivity index (χ2v) is 11.7. The lowest BCUT2D eigenvalue weighted by Crippen LogP contribution is -2.76. The van der Waals surface area contributed by atoms with Gasteiger partial charge in [-0.05, 0) is 39.6 Å². The van der Waals surface area contributed by atoms with Crippen molar-refractivity contribution in [3.63, 3.8) is 0 Å². The molecule has 6 rings (SSSR count). The minimum atomic E-state index is -0.750. The summed E-state index contributed by atoms with van der Waals surface area (Å²) >= 11 is 0. The highest BCUT2D eigenvalue weighted by atomic mass is 16.2. The number of likely N-dealkylation sites (N-methyl/N-ethyl adjacent to an activating group) is 1. The summed E-state index contributed by atoms with van der Waals surface area (Å²) in [7, 11) is 5.71. The number of urea groups is 1. The van der Waals surface area contributed by atoms with Gasteiger partial charge in [0.1, 0.15) is 12.2 Å². The van der Waals surface area contributed by atoms with E-state index in [0.717, 1.165) is 33.2 Å². The second kappa shape index (κ2) is 12.4. The molecule has 2 aliphatic rings. The molecule has 0 aliphatic carbocycles. The molecule has 0 bridgehead atoms. The van der Waals surface area contributed by atoms with Crippen LogP contribution >= 0.6 is 0 Å². The summed E-state index contributed by atoms with van der Waals surface area (Å²) in [5, 5.41) is 8.48. The number of hydrogen-bond acceptors (Lipinski definition) is 5. The van der Waals surface area contributed by atoms with Gasteiger partial charge in [-0.3, -0.25) is 9.59 Å². The number of carbonyl (C=O) groups excluding carboxylic acids is 3. The van der Waals surface area contributed by atoms with Crippen molar-refractivity contribution in [3.8, 4) is 0 Å². The van der Waals surface area contributed by atoms with Crippen molar-refractivity contribution in [1.82, 2.24) is 25.1 Å². The van der Waals surface area contributed by atoms with Gasteiger partial charge in [-0.25, -0.2) is 14.8 Å². The van der Waals surface area contributed by atoms with Gasteiger partial charge in [-0.1, -0.05) is 84.9 Å². The first-order chi connectivity index (χ1) is 21.3. The van der Waals surface area contributed by atoms with Gasteiger partial charge in [0.2, 0.25) is 11.8 Å². The molecule has 1 N–H and O–H groups in total. The highest BCUT2D eigenvalue weighted by molar-refractivity contribution is 5.92. The van der Waals surface area contributed by atoms with E-state index in [1.165, 1.54) is 0 Å². The van der Waals surface area contributed by atoms with Crippen LogP contribution in [0.1, 0.15) is 16.7 Å². The fourth-order valence-electron chi connectivity index (χ4n) is 6.29. The number of anilines is 1. The van der Waals surface area contributed by atoms with Gasteiger partial charge < -0.3 is 20.0 Å². The third-order valence-corrected chi connectivity index (χ3v) is 8.56. The zero-order valence-electron chi connectivity index (χ0n) is 25.4. The van der Waals surface area contributed by atoms with Gasteiger partial charge in [0.15, 0.2) is 0 Å². The van der Waals surface area contributed by atoms with Crippen molar-refractivity contribution >= 4 is 34.3 Å². The Labute approximate surface area is 258 Å². The number of hydrogen-bond donors (Lipinski definition) is 1. The Morgan fingerprint density at radius 3 is 2.32 bits per heavy atom. The fraction of sp³-hybridized carbons (Fsp3) is 0.286. The average Bonchev–Trinajstić information content (AvgIpc) is 3.02. The van der Waals surface area contributed by atoms with Crippen LogP contribution < -0.4 is 10.2 Å². The minimum absolute atomic E-state index is 0.00191. The molecule has 2 fully saturated rings. The Morgan fingerprint density at radius 1 is 0.864 bits per heavy atom. The number of benzene rings is 4. The van der Waals surface area contributed by atoms with E-state index in [0.29, 0.717) is 19.5 Å². The number of hydrazine groups is 1. The molecule has 226 valence electrons. The molecule has 9 nitrogen and oxygen atoms in total. The number of amides is 4. The summed E-state index contributed by atoms with van der Waals surface area (Å²) in [5.41, 5.74) is 4.00. The first-order valence-electron chi connectivity index (χ1n) is 14.9. The molecular weight excluding hydrogens is 552 g/mol. The Kier molecular flexibility index (Phi) is 8.21. The van der Waals surface area contributed by atoms with Gasteiger partial charge in [-0.15, -0.1) is 0 Å². The normalized spacial score (nSPS) is 18.8. The summed E-state index contributed by atoms with van der Waals surface area (Å²) in [6.07, 6.45) is -0.306. The van der Waals surface area contributed by atoms with Crippen LogP contribution in [-0.2, 0) is 29.1 Å². The molecule has 0 saturated carbocycles. The van der Waals surface area contributed by atoms with Crippen LogP contribution in [0.4, 0.5) is 10.5 Å². The van der Waals surface area contributed by atoms with Crippen molar-refractivity contribution in [1.29, 1.82) is 0 Å². The zero-order valence-corrected chi connectivity index (χ0v) is 25.4. The Bertz CT molecular complexity index is 1650. The van der Waals surface area contributed by atoms with Gasteiger partial charge in [0.05, 0.1) is 13.1 Å². The SMILES string of the molecule is CN(C)c1ccc(C[C@H]2C(=O)N(Cc3cccc4ccccc34)CC3N2C(=O)CN(C)N3C(=O)NCc2ccccc2)cc1. The van der Waals surface area contributed by atoms with E-state index >= 15 is 0 Å². The van der Waals surface area contributed by atoms with Crippen molar-refractivity contribution < 1.29 is 14.4 Å². The summed E-state index contributed by atoms with van der Waals surface area (Å²) in [6, 6.07) is 30.9.